The summed E-state index contributed by atoms with van der Waals surface area (Å²) >= 11 is 5.95. The second kappa shape index (κ2) is 7.62. The van der Waals surface area contributed by atoms with Gasteiger partial charge in [0.2, 0.25) is 0 Å². The fourth-order valence-corrected chi connectivity index (χ4v) is 4.31. The standard InChI is InChI=1S/C22H21ClFN5O2/c1-27-11-17-16(22(27)30)8-20(26-21(17)15-4-3-14(23)7-18(15)24)29-5-6-31-19(12-29)13-9-25-28(2)10-13/h3-4,7-10,19H,5-6,11-12H2,1-2H3. The Kier molecular flexibility index (Phi) is 4.91. The largest absolute Gasteiger partial charge is 0.370 e. The van der Waals surface area contributed by atoms with E-state index in [1.807, 2.05) is 19.3 Å². The van der Waals surface area contributed by atoms with Gasteiger partial charge in [-0.3, -0.25) is 9.48 Å². The van der Waals surface area contributed by atoms with Gasteiger partial charge in [-0.05, 0) is 24.3 Å². The van der Waals surface area contributed by atoms with Crippen LogP contribution < -0.4 is 4.90 Å². The fraction of sp³-hybridized carbons (Fsp3) is 0.318. The molecule has 0 spiro atoms. The van der Waals surface area contributed by atoms with Gasteiger partial charge in [-0.2, -0.15) is 5.10 Å². The van der Waals surface area contributed by atoms with Gasteiger partial charge in [0, 0.05) is 61.6 Å². The monoisotopic (exact) mass is 441 g/mol. The van der Waals surface area contributed by atoms with Gasteiger partial charge >= 0.3 is 0 Å². The lowest BCUT2D eigenvalue weighted by Gasteiger charge is -2.33. The molecular formula is C22H21ClFN5O2. The summed E-state index contributed by atoms with van der Waals surface area (Å²) in [5, 5.41) is 4.54. The molecule has 7 nitrogen and oxygen atoms in total. The molecule has 9 heteroatoms. The van der Waals surface area contributed by atoms with Crippen LogP contribution in [0.3, 0.4) is 0 Å². The summed E-state index contributed by atoms with van der Waals surface area (Å²) in [5.41, 5.74) is 3.08. The number of nitrogens with zero attached hydrogens (tertiary/aromatic N) is 5. The Balaban J connectivity index is 1.57. The summed E-state index contributed by atoms with van der Waals surface area (Å²) < 4.78 is 22.5. The summed E-state index contributed by atoms with van der Waals surface area (Å²) in [4.78, 5) is 21.3. The zero-order valence-corrected chi connectivity index (χ0v) is 17.9. The number of pyridine rings is 1. The zero-order valence-electron chi connectivity index (χ0n) is 17.2. The lowest BCUT2D eigenvalue weighted by molar-refractivity contribution is 0.0395. The minimum Gasteiger partial charge on any atom is -0.370 e. The Morgan fingerprint density at radius 3 is 2.81 bits per heavy atom. The lowest BCUT2D eigenvalue weighted by Crippen LogP contribution is -2.39. The first-order valence-electron chi connectivity index (χ1n) is 10.0. The van der Waals surface area contributed by atoms with Crippen molar-refractivity contribution >= 4 is 23.3 Å². The van der Waals surface area contributed by atoms with E-state index in [1.54, 1.807) is 35.0 Å². The van der Waals surface area contributed by atoms with Crippen molar-refractivity contribution < 1.29 is 13.9 Å². The van der Waals surface area contributed by atoms with E-state index < -0.39 is 5.82 Å². The molecule has 2 aliphatic heterocycles. The van der Waals surface area contributed by atoms with Gasteiger partial charge in [0.25, 0.3) is 5.91 Å². The maximum absolute atomic E-state index is 14.8. The predicted octanol–water partition coefficient (Wildman–Crippen LogP) is 3.44. The SMILES string of the molecule is CN1Cc2c(cc(N3CCOC(c4cnn(C)c4)C3)nc2-c2ccc(Cl)cc2F)C1=O. The topological polar surface area (TPSA) is 63.5 Å². The Morgan fingerprint density at radius 2 is 2.06 bits per heavy atom. The molecule has 3 aromatic rings. The Hall–Kier alpha value is -2.97. The molecule has 1 unspecified atom stereocenters. The van der Waals surface area contributed by atoms with Crippen LogP contribution in [0, 0.1) is 5.82 Å². The molecule has 31 heavy (non-hydrogen) atoms. The number of aromatic nitrogens is 3. The van der Waals surface area contributed by atoms with E-state index in [1.165, 1.54) is 6.07 Å². The Bertz CT molecular complexity index is 1180. The quantitative estimate of drug-likeness (QED) is 0.623. The number of carbonyl (C=O) groups is 1. The van der Waals surface area contributed by atoms with Gasteiger partial charge in [-0.15, -0.1) is 0 Å². The minimum absolute atomic E-state index is 0.0914. The number of hydrogen-bond acceptors (Lipinski definition) is 5. The highest BCUT2D eigenvalue weighted by atomic mass is 35.5. The molecule has 1 amide bonds. The smallest absolute Gasteiger partial charge is 0.254 e. The van der Waals surface area contributed by atoms with Crippen molar-refractivity contribution in [3.05, 3.63) is 64.2 Å². The number of amides is 1. The molecule has 160 valence electrons. The summed E-state index contributed by atoms with van der Waals surface area (Å²) in [6.07, 6.45) is 3.56. The number of rotatable bonds is 3. The first kappa shape index (κ1) is 20.0. The molecule has 0 N–H and O–H groups in total. The molecule has 2 aromatic heterocycles. The third-order valence-electron chi connectivity index (χ3n) is 5.76. The van der Waals surface area contributed by atoms with Crippen LogP contribution in [0.2, 0.25) is 5.02 Å². The van der Waals surface area contributed by atoms with Crippen molar-refractivity contribution in [2.24, 2.45) is 7.05 Å². The van der Waals surface area contributed by atoms with Crippen LogP contribution in [-0.2, 0) is 18.3 Å². The zero-order chi connectivity index (χ0) is 21.7. The molecule has 2 aliphatic rings. The molecule has 0 aliphatic carbocycles. The number of fused-ring (bicyclic) bond motifs is 1. The number of hydrogen-bond donors (Lipinski definition) is 0. The normalized spacial score (nSPS) is 18.6. The molecule has 0 bridgehead atoms. The van der Waals surface area contributed by atoms with Crippen LogP contribution in [-0.4, -0.2) is 52.3 Å². The number of halogens is 2. The van der Waals surface area contributed by atoms with Crippen LogP contribution in [0.15, 0.2) is 36.7 Å². The number of morpholine rings is 1. The third-order valence-corrected chi connectivity index (χ3v) is 5.99. The van der Waals surface area contributed by atoms with Gasteiger partial charge in [0.15, 0.2) is 0 Å². The molecule has 0 saturated carbocycles. The van der Waals surface area contributed by atoms with Gasteiger partial charge in [0.05, 0.1) is 24.1 Å². The van der Waals surface area contributed by atoms with E-state index in [-0.39, 0.29) is 12.0 Å². The van der Waals surface area contributed by atoms with E-state index in [9.17, 15) is 9.18 Å². The maximum atomic E-state index is 14.8. The lowest BCUT2D eigenvalue weighted by atomic mass is 10.0. The van der Waals surface area contributed by atoms with Gasteiger partial charge < -0.3 is 14.5 Å². The highest BCUT2D eigenvalue weighted by molar-refractivity contribution is 6.30. The van der Waals surface area contributed by atoms with Crippen molar-refractivity contribution in [2.75, 3.05) is 31.6 Å². The number of ether oxygens (including phenoxy) is 1. The molecule has 1 fully saturated rings. The number of carbonyl (C=O) groups excluding carboxylic acids is 1. The minimum atomic E-state index is -0.462. The van der Waals surface area contributed by atoms with Crippen molar-refractivity contribution in [3.63, 3.8) is 0 Å². The van der Waals surface area contributed by atoms with Crippen LogP contribution in [0.5, 0.6) is 0 Å². The van der Waals surface area contributed by atoms with Crippen molar-refractivity contribution in [1.82, 2.24) is 19.7 Å². The summed E-state index contributed by atoms with van der Waals surface area (Å²) in [7, 11) is 3.60. The third kappa shape index (κ3) is 3.55. The molecule has 1 saturated heterocycles. The highest BCUT2D eigenvalue weighted by Crippen LogP contribution is 2.36. The molecule has 5 rings (SSSR count). The second-order valence-corrected chi connectivity index (χ2v) is 8.33. The average molecular weight is 442 g/mol. The van der Waals surface area contributed by atoms with E-state index in [0.717, 1.165) is 11.1 Å². The summed E-state index contributed by atoms with van der Waals surface area (Å²) in [5.74, 6) is 0.0758. The van der Waals surface area contributed by atoms with Crippen molar-refractivity contribution in [3.8, 4) is 11.3 Å². The first-order chi connectivity index (χ1) is 14.9. The average Bonchev–Trinajstić information content (AvgIpc) is 3.31. The number of anilines is 1. The Labute approximate surface area is 184 Å². The van der Waals surface area contributed by atoms with E-state index in [2.05, 4.69) is 10.00 Å². The number of benzene rings is 1. The Morgan fingerprint density at radius 1 is 1.23 bits per heavy atom. The summed E-state index contributed by atoms with van der Waals surface area (Å²) in [6, 6.07) is 6.33. The van der Waals surface area contributed by atoms with Crippen LogP contribution >= 0.6 is 11.6 Å². The number of aryl methyl sites for hydroxylation is 1. The second-order valence-electron chi connectivity index (χ2n) is 7.89. The fourth-order valence-electron chi connectivity index (χ4n) is 4.16. The van der Waals surface area contributed by atoms with Gasteiger partial charge in [0.1, 0.15) is 17.7 Å². The van der Waals surface area contributed by atoms with Crippen LogP contribution in [0.1, 0.15) is 27.6 Å². The highest BCUT2D eigenvalue weighted by Gasteiger charge is 2.32. The maximum Gasteiger partial charge on any atom is 0.254 e. The first-order valence-corrected chi connectivity index (χ1v) is 10.4. The predicted molar refractivity (Wildman–Crippen MR) is 115 cm³/mol. The molecule has 1 aromatic carbocycles. The molecule has 1 atom stereocenters. The van der Waals surface area contributed by atoms with Gasteiger partial charge in [-0.25, -0.2) is 9.37 Å². The molecular weight excluding hydrogens is 421 g/mol. The van der Waals surface area contributed by atoms with Gasteiger partial charge in [-0.1, -0.05) is 11.6 Å². The molecule has 0 radical (unpaired) electrons. The van der Waals surface area contributed by atoms with Crippen molar-refractivity contribution in [2.45, 2.75) is 12.6 Å². The van der Waals surface area contributed by atoms with E-state index in [4.69, 9.17) is 21.3 Å². The van der Waals surface area contributed by atoms with Crippen LogP contribution in [0.4, 0.5) is 10.2 Å². The summed E-state index contributed by atoms with van der Waals surface area (Å²) in [6.45, 7) is 2.08. The van der Waals surface area contributed by atoms with E-state index >= 15 is 0 Å². The van der Waals surface area contributed by atoms with Crippen molar-refractivity contribution in [1.29, 1.82) is 0 Å². The molecule has 4 heterocycles. The van der Waals surface area contributed by atoms with Crippen LogP contribution in [0.25, 0.3) is 11.3 Å². The van der Waals surface area contributed by atoms with E-state index in [0.29, 0.717) is 53.9 Å².